The largest absolute Gasteiger partial charge is 0.491 e. The Morgan fingerprint density at radius 3 is 2.56 bits per heavy atom. The Morgan fingerprint density at radius 2 is 1.84 bits per heavy atom. The highest BCUT2D eigenvalue weighted by atomic mass is 35.5. The lowest BCUT2D eigenvalue weighted by atomic mass is 10.2. The molecule has 0 unspecified atom stereocenters. The first kappa shape index (κ1) is 17.6. The third kappa shape index (κ3) is 5.11. The van der Waals surface area contributed by atoms with Gasteiger partial charge >= 0.3 is 0 Å². The van der Waals surface area contributed by atoms with E-state index in [1.165, 1.54) is 0 Å². The van der Waals surface area contributed by atoms with Crippen molar-refractivity contribution in [2.75, 3.05) is 43.1 Å². The number of halogens is 1. The number of nitrogens with zero attached hydrogens (tertiary/aromatic N) is 1. The fourth-order valence-electron chi connectivity index (χ4n) is 2.62. The summed E-state index contributed by atoms with van der Waals surface area (Å²) in [7, 11) is 0. The molecule has 0 aromatic heterocycles. The van der Waals surface area contributed by atoms with Gasteiger partial charge in [0.25, 0.3) is 0 Å². The number of anilines is 2. The Balaban J connectivity index is 1.45. The second-order valence-corrected chi connectivity index (χ2v) is 6.13. The van der Waals surface area contributed by atoms with Crippen molar-refractivity contribution in [1.29, 1.82) is 0 Å². The SMILES string of the molecule is O=C(CCOc1ccccc1Cl)Nc1ccc(N2CCOCC2)cc1. The quantitative estimate of drug-likeness (QED) is 0.855. The molecular formula is C19H21ClN2O3. The highest BCUT2D eigenvalue weighted by Gasteiger charge is 2.11. The molecule has 1 N–H and O–H groups in total. The lowest BCUT2D eigenvalue weighted by Gasteiger charge is -2.28. The molecule has 2 aromatic rings. The fourth-order valence-corrected chi connectivity index (χ4v) is 2.81. The first-order valence-electron chi connectivity index (χ1n) is 8.32. The van der Waals surface area contributed by atoms with Gasteiger partial charge in [0.05, 0.1) is 31.3 Å². The molecule has 25 heavy (non-hydrogen) atoms. The maximum Gasteiger partial charge on any atom is 0.227 e. The normalized spacial score (nSPS) is 14.2. The number of morpholine rings is 1. The summed E-state index contributed by atoms with van der Waals surface area (Å²) in [5.74, 6) is 0.498. The predicted octanol–water partition coefficient (Wildman–Crippen LogP) is 3.58. The van der Waals surface area contributed by atoms with Crippen molar-refractivity contribution >= 4 is 28.9 Å². The number of amides is 1. The van der Waals surface area contributed by atoms with E-state index in [0.717, 1.165) is 37.7 Å². The van der Waals surface area contributed by atoms with Gasteiger partial charge in [0, 0.05) is 24.5 Å². The number of hydrogen-bond acceptors (Lipinski definition) is 4. The Labute approximate surface area is 152 Å². The number of para-hydroxylation sites is 1. The average Bonchev–Trinajstić information content (AvgIpc) is 2.65. The number of carbonyl (C=O) groups excluding carboxylic acids is 1. The van der Waals surface area contributed by atoms with E-state index < -0.39 is 0 Å². The summed E-state index contributed by atoms with van der Waals surface area (Å²) in [6, 6.07) is 15.1. The van der Waals surface area contributed by atoms with E-state index in [1.54, 1.807) is 12.1 Å². The minimum absolute atomic E-state index is 0.0915. The first-order valence-corrected chi connectivity index (χ1v) is 8.70. The molecule has 0 atom stereocenters. The third-order valence-corrected chi connectivity index (χ3v) is 4.26. The number of benzene rings is 2. The number of hydrogen-bond donors (Lipinski definition) is 1. The van der Waals surface area contributed by atoms with Crippen LogP contribution in [0.4, 0.5) is 11.4 Å². The molecule has 0 spiro atoms. The minimum Gasteiger partial charge on any atom is -0.491 e. The van der Waals surface area contributed by atoms with E-state index in [1.807, 2.05) is 36.4 Å². The lowest BCUT2D eigenvalue weighted by Crippen LogP contribution is -2.36. The average molecular weight is 361 g/mol. The summed E-state index contributed by atoms with van der Waals surface area (Å²) >= 11 is 6.01. The van der Waals surface area contributed by atoms with E-state index in [2.05, 4.69) is 10.2 Å². The predicted molar refractivity (Wildman–Crippen MR) is 99.7 cm³/mol. The van der Waals surface area contributed by atoms with Gasteiger partial charge in [-0.3, -0.25) is 4.79 Å². The van der Waals surface area contributed by atoms with Crippen LogP contribution in [0.25, 0.3) is 0 Å². The van der Waals surface area contributed by atoms with Gasteiger partial charge in [-0.15, -0.1) is 0 Å². The highest BCUT2D eigenvalue weighted by Crippen LogP contribution is 2.23. The first-order chi connectivity index (χ1) is 12.2. The van der Waals surface area contributed by atoms with Gasteiger partial charge in [0.2, 0.25) is 5.91 Å². The summed E-state index contributed by atoms with van der Waals surface area (Å²) in [6.07, 6.45) is 0.260. The van der Waals surface area contributed by atoms with Gasteiger partial charge in [-0.1, -0.05) is 23.7 Å². The second kappa shape index (κ2) is 8.74. The standard InChI is InChI=1S/C19H21ClN2O3/c20-17-3-1-2-4-18(17)25-12-9-19(23)21-15-5-7-16(8-6-15)22-10-13-24-14-11-22/h1-8H,9-14H2,(H,21,23). The number of carbonyl (C=O) groups is 1. The molecule has 5 nitrogen and oxygen atoms in total. The Hall–Kier alpha value is -2.24. The lowest BCUT2D eigenvalue weighted by molar-refractivity contribution is -0.116. The van der Waals surface area contributed by atoms with E-state index in [4.69, 9.17) is 21.1 Å². The van der Waals surface area contributed by atoms with E-state index >= 15 is 0 Å². The molecule has 1 aliphatic heterocycles. The molecule has 0 aliphatic carbocycles. The molecule has 3 rings (SSSR count). The maximum atomic E-state index is 12.0. The van der Waals surface area contributed by atoms with Crippen LogP contribution in [-0.4, -0.2) is 38.8 Å². The molecular weight excluding hydrogens is 340 g/mol. The van der Waals surface area contributed by atoms with Crippen molar-refractivity contribution in [1.82, 2.24) is 0 Å². The third-order valence-electron chi connectivity index (χ3n) is 3.95. The molecule has 0 bridgehead atoms. The van der Waals surface area contributed by atoms with Crippen LogP contribution in [0.15, 0.2) is 48.5 Å². The summed E-state index contributed by atoms with van der Waals surface area (Å²) in [4.78, 5) is 14.3. The van der Waals surface area contributed by atoms with Crippen molar-refractivity contribution in [3.63, 3.8) is 0 Å². The van der Waals surface area contributed by atoms with Crippen LogP contribution in [0, 0.1) is 0 Å². The summed E-state index contributed by atoms with van der Waals surface area (Å²) in [5, 5.41) is 3.42. The van der Waals surface area contributed by atoms with Crippen LogP contribution < -0.4 is 15.0 Å². The van der Waals surface area contributed by atoms with Crippen molar-refractivity contribution in [3.05, 3.63) is 53.6 Å². The van der Waals surface area contributed by atoms with Crippen LogP contribution in [0.1, 0.15) is 6.42 Å². The Morgan fingerprint density at radius 1 is 1.12 bits per heavy atom. The van der Waals surface area contributed by atoms with Crippen molar-refractivity contribution in [2.24, 2.45) is 0 Å². The molecule has 1 fully saturated rings. The summed E-state index contributed by atoms with van der Waals surface area (Å²) in [5.41, 5.74) is 1.92. The molecule has 1 aliphatic rings. The van der Waals surface area contributed by atoms with Gasteiger partial charge in [-0.05, 0) is 36.4 Å². The van der Waals surface area contributed by atoms with E-state index in [9.17, 15) is 4.79 Å². The van der Waals surface area contributed by atoms with Gasteiger partial charge in [-0.2, -0.15) is 0 Å². The smallest absolute Gasteiger partial charge is 0.227 e. The van der Waals surface area contributed by atoms with Crippen molar-refractivity contribution in [3.8, 4) is 5.75 Å². The number of nitrogens with one attached hydrogen (secondary N) is 1. The topological polar surface area (TPSA) is 50.8 Å². The molecule has 6 heteroatoms. The van der Waals surface area contributed by atoms with Crippen LogP contribution >= 0.6 is 11.6 Å². The van der Waals surface area contributed by atoms with Gasteiger partial charge in [0.1, 0.15) is 5.75 Å². The van der Waals surface area contributed by atoms with E-state index in [-0.39, 0.29) is 18.9 Å². The van der Waals surface area contributed by atoms with Crippen LogP contribution in [0.2, 0.25) is 5.02 Å². The minimum atomic E-state index is -0.0915. The fraction of sp³-hybridized carbons (Fsp3) is 0.316. The van der Waals surface area contributed by atoms with Gasteiger partial charge in [0.15, 0.2) is 0 Å². The zero-order valence-corrected chi connectivity index (χ0v) is 14.7. The Bertz CT molecular complexity index is 700. The summed E-state index contributed by atoms with van der Waals surface area (Å²) < 4.78 is 10.9. The molecule has 132 valence electrons. The zero-order chi connectivity index (χ0) is 17.5. The number of ether oxygens (including phenoxy) is 2. The van der Waals surface area contributed by atoms with Crippen LogP contribution in [-0.2, 0) is 9.53 Å². The molecule has 1 amide bonds. The molecule has 2 aromatic carbocycles. The van der Waals surface area contributed by atoms with Gasteiger partial charge in [-0.25, -0.2) is 0 Å². The van der Waals surface area contributed by atoms with Gasteiger partial charge < -0.3 is 19.7 Å². The van der Waals surface area contributed by atoms with Crippen LogP contribution in [0.5, 0.6) is 5.75 Å². The molecule has 0 saturated carbocycles. The van der Waals surface area contributed by atoms with Crippen molar-refractivity contribution in [2.45, 2.75) is 6.42 Å². The number of rotatable bonds is 6. The zero-order valence-electron chi connectivity index (χ0n) is 13.9. The van der Waals surface area contributed by atoms with Crippen molar-refractivity contribution < 1.29 is 14.3 Å². The maximum absolute atomic E-state index is 12.0. The van der Waals surface area contributed by atoms with E-state index in [0.29, 0.717) is 10.8 Å². The molecule has 1 heterocycles. The second-order valence-electron chi connectivity index (χ2n) is 5.72. The monoisotopic (exact) mass is 360 g/mol. The van der Waals surface area contributed by atoms with Crippen LogP contribution in [0.3, 0.4) is 0 Å². The highest BCUT2D eigenvalue weighted by molar-refractivity contribution is 6.32. The molecule has 0 radical (unpaired) electrons. The summed E-state index contributed by atoms with van der Waals surface area (Å²) in [6.45, 7) is 3.57. The Kier molecular flexibility index (Phi) is 6.14. The molecule has 1 saturated heterocycles.